The van der Waals surface area contributed by atoms with E-state index in [0.717, 1.165) is 11.3 Å². The standard InChI is InChI=1S/C8H12N2O/c1-6-7(8(11)5-9)3-2-4-10-6/h2-4,8,11H,5,9H2,1H3/t8-/m1/s1. The first-order valence-corrected chi connectivity index (χ1v) is 3.55. The molecule has 60 valence electrons. The Morgan fingerprint density at radius 2 is 2.45 bits per heavy atom. The Hall–Kier alpha value is -0.930. The molecule has 1 aromatic heterocycles. The van der Waals surface area contributed by atoms with E-state index in [1.54, 1.807) is 12.3 Å². The average molecular weight is 152 g/mol. The van der Waals surface area contributed by atoms with Crippen LogP contribution in [0.25, 0.3) is 0 Å². The van der Waals surface area contributed by atoms with Crippen LogP contribution in [0.5, 0.6) is 0 Å². The molecule has 0 saturated carbocycles. The summed E-state index contributed by atoms with van der Waals surface area (Å²) >= 11 is 0. The van der Waals surface area contributed by atoms with Crippen LogP contribution in [0, 0.1) is 6.92 Å². The van der Waals surface area contributed by atoms with Crippen LogP contribution in [0.3, 0.4) is 0 Å². The van der Waals surface area contributed by atoms with Gasteiger partial charge in [-0.1, -0.05) is 6.07 Å². The summed E-state index contributed by atoms with van der Waals surface area (Å²) in [7, 11) is 0. The minimum Gasteiger partial charge on any atom is -0.387 e. The molecule has 0 aromatic carbocycles. The molecule has 3 heteroatoms. The maximum absolute atomic E-state index is 9.35. The van der Waals surface area contributed by atoms with Gasteiger partial charge in [0.25, 0.3) is 0 Å². The van der Waals surface area contributed by atoms with E-state index in [1.807, 2.05) is 13.0 Å². The van der Waals surface area contributed by atoms with E-state index in [2.05, 4.69) is 4.98 Å². The third-order valence-electron chi connectivity index (χ3n) is 1.63. The summed E-state index contributed by atoms with van der Waals surface area (Å²) in [5, 5.41) is 9.35. The molecule has 0 amide bonds. The molecule has 0 saturated heterocycles. The molecule has 0 radical (unpaired) electrons. The number of aliphatic hydroxyl groups excluding tert-OH is 1. The van der Waals surface area contributed by atoms with Gasteiger partial charge in [0.2, 0.25) is 0 Å². The average Bonchev–Trinajstić information content (AvgIpc) is 2.04. The molecule has 1 atom stereocenters. The lowest BCUT2D eigenvalue weighted by molar-refractivity contribution is 0.185. The largest absolute Gasteiger partial charge is 0.387 e. The number of aryl methyl sites for hydroxylation is 1. The van der Waals surface area contributed by atoms with Crippen molar-refractivity contribution in [3.05, 3.63) is 29.6 Å². The number of hydrogen-bond acceptors (Lipinski definition) is 3. The highest BCUT2D eigenvalue weighted by Crippen LogP contribution is 2.12. The molecule has 1 rings (SSSR count). The Bertz CT molecular complexity index is 237. The smallest absolute Gasteiger partial charge is 0.0929 e. The van der Waals surface area contributed by atoms with Gasteiger partial charge in [0.1, 0.15) is 0 Å². The summed E-state index contributed by atoms with van der Waals surface area (Å²) in [5.41, 5.74) is 6.95. The van der Waals surface area contributed by atoms with Gasteiger partial charge in [0.05, 0.1) is 6.10 Å². The van der Waals surface area contributed by atoms with Crippen molar-refractivity contribution in [2.24, 2.45) is 5.73 Å². The Labute approximate surface area is 65.9 Å². The van der Waals surface area contributed by atoms with Crippen LogP contribution in [0.15, 0.2) is 18.3 Å². The van der Waals surface area contributed by atoms with Gasteiger partial charge in [0.15, 0.2) is 0 Å². The summed E-state index contributed by atoms with van der Waals surface area (Å²) in [5.74, 6) is 0. The normalized spacial score (nSPS) is 13.0. The third-order valence-corrected chi connectivity index (χ3v) is 1.63. The number of pyridine rings is 1. The minimum absolute atomic E-state index is 0.243. The van der Waals surface area contributed by atoms with Crippen molar-refractivity contribution in [3.8, 4) is 0 Å². The number of aromatic nitrogens is 1. The SMILES string of the molecule is Cc1ncccc1[C@H](O)CN. The van der Waals surface area contributed by atoms with E-state index in [9.17, 15) is 5.11 Å². The number of hydrogen-bond donors (Lipinski definition) is 2. The van der Waals surface area contributed by atoms with Gasteiger partial charge in [-0.15, -0.1) is 0 Å². The summed E-state index contributed by atoms with van der Waals surface area (Å²) < 4.78 is 0. The molecular weight excluding hydrogens is 140 g/mol. The van der Waals surface area contributed by atoms with Crippen molar-refractivity contribution < 1.29 is 5.11 Å². The van der Waals surface area contributed by atoms with Crippen molar-refractivity contribution in [1.29, 1.82) is 0 Å². The molecule has 0 aliphatic carbocycles. The lowest BCUT2D eigenvalue weighted by Crippen LogP contribution is -2.12. The zero-order chi connectivity index (χ0) is 8.27. The lowest BCUT2D eigenvalue weighted by Gasteiger charge is -2.09. The molecule has 0 aliphatic rings. The molecule has 0 bridgehead atoms. The first-order valence-electron chi connectivity index (χ1n) is 3.55. The molecule has 0 spiro atoms. The Balaban J connectivity index is 2.93. The van der Waals surface area contributed by atoms with Gasteiger partial charge >= 0.3 is 0 Å². The fourth-order valence-electron chi connectivity index (χ4n) is 0.976. The highest BCUT2D eigenvalue weighted by Gasteiger charge is 2.06. The maximum atomic E-state index is 9.35. The van der Waals surface area contributed by atoms with Gasteiger partial charge in [-0.05, 0) is 13.0 Å². The molecule has 1 heterocycles. The molecule has 0 unspecified atom stereocenters. The van der Waals surface area contributed by atoms with Crippen LogP contribution >= 0.6 is 0 Å². The molecule has 0 fully saturated rings. The zero-order valence-electron chi connectivity index (χ0n) is 6.49. The predicted molar refractivity (Wildman–Crippen MR) is 43.0 cm³/mol. The first-order chi connectivity index (χ1) is 5.25. The van der Waals surface area contributed by atoms with E-state index in [1.165, 1.54) is 0 Å². The Kier molecular flexibility index (Phi) is 2.57. The summed E-state index contributed by atoms with van der Waals surface area (Å²) in [6.45, 7) is 2.10. The van der Waals surface area contributed by atoms with Crippen LogP contribution in [-0.4, -0.2) is 16.6 Å². The molecule has 3 nitrogen and oxygen atoms in total. The van der Waals surface area contributed by atoms with E-state index < -0.39 is 6.10 Å². The van der Waals surface area contributed by atoms with Crippen molar-refractivity contribution in [2.45, 2.75) is 13.0 Å². The van der Waals surface area contributed by atoms with Crippen LogP contribution in [0.1, 0.15) is 17.4 Å². The molecular formula is C8H12N2O. The Morgan fingerprint density at radius 1 is 1.73 bits per heavy atom. The van der Waals surface area contributed by atoms with Gasteiger partial charge in [-0.25, -0.2) is 0 Å². The second-order valence-corrected chi connectivity index (χ2v) is 2.43. The lowest BCUT2D eigenvalue weighted by atomic mass is 10.1. The van der Waals surface area contributed by atoms with Crippen LogP contribution in [0.4, 0.5) is 0 Å². The van der Waals surface area contributed by atoms with E-state index >= 15 is 0 Å². The second kappa shape index (κ2) is 3.46. The second-order valence-electron chi connectivity index (χ2n) is 2.43. The third kappa shape index (κ3) is 1.76. The van der Waals surface area contributed by atoms with E-state index in [-0.39, 0.29) is 6.54 Å². The first kappa shape index (κ1) is 8.17. The monoisotopic (exact) mass is 152 g/mol. The van der Waals surface area contributed by atoms with Gasteiger partial charge in [-0.3, -0.25) is 4.98 Å². The highest BCUT2D eigenvalue weighted by atomic mass is 16.3. The van der Waals surface area contributed by atoms with Crippen molar-refractivity contribution in [1.82, 2.24) is 4.98 Å². The number of aliphatic hydroxyl groups is 1. The van der Waals surface area contributed by atoms with E-state index in [4.69, 9.17) is 5.73 Å². The fourth-order valence-corrected chi connectivity index (χ4v) is 0.976. The quantitative estimate of drug-likeness (QED) is 0.644. The van der Waals surface area contributed by atoms with Crippen molar-refractivity contribution >= 4 is 0 Å². The zero-order valence-corrected chi connectivity index (χ0v) is 6.49. The molecule has 0 aliphatic heterocycles. The molecule has 1 aromatic rings. The summed E-state index contributed by atoms with van der Waals surface area (Å²) in [6, 6.07) is 3.63. The van der Waals surface area contributed by atoms with Gasteiger partial charge in [-0.2, -0.15) is 0 Å². The topological polar surface area (TPSA) is 59.1 Å². The summed E-state index contributed by atoms with van der Waals surface area (Å²) in [4.78, 5) is 4.03. The molecule has 3 N–H and O–H groups in total. The van der Waals surface area contributed by atoms with Crippen LogP contribution < -0.4 is 5.73 Å². The minimum atomic E-state index is -0.580. The fraction of sp³-hybridized carbons (Fsp3) is 0.375. The van der Waals surface area contributed by atoms with E-state index in [0.29, 0.717) is 0 Å². The number of nitrogens with zero attached hydrogens (tertiary/aromatic N) is 1. The van der Waals surface area contributed by atoms with Gasteiger partial charge < -0.3 is 10.8 Å². The summed E-state index contributed by atoms with van der Waals surface area (Å²) in [6.07, 6.45) is 1.12. The van der Waals surface area contributed by atoms with Crippen molar-refractivity contribution in [3.63, 3.8) is 0 Å². The highest BCUT2D eigenvalue weighted by molar-refractivity contribution is 5.20. The number of nitrogens with two attached hydrogens (primary N) is 1. The predicted octanol–water partition coefficient (Wildman–Crippen LogP) is 0.382. The maximum Gasteiger partial charge on any atom is 0.0929 e. The molecule has 11 heavy (non-hydrogen) atoms. The van der Waals surface area contributed by atoms with Gasteiger partial charge in [0, 0.05) is 24.0 Å². The Morgan fingerprint density at radius 3 is 3.00 bits per heavy atom. The van der Waals surface area contributed by atoms with Crippen molar-refractivity contribution in [2.75, 3.05) is 6.54 Å². The van der Waals surface area contributed by atoms with Crippen LogP contribution in [0.2, 0.25) is 0 Å². The van der Waals surface area contributed by atoms with Crippen LogP contribution in [-0.2, 0) is 0 Å². The number of rotatable bonds is 2.